The Bertz CT molecular complexity index is 469. The lowest BCUT2D eigenvalue weighted by molar-refractivity contribution is 0.136. The van der Waals surface area contributed by atoms with Gasteiger partial charge in [-0.3, -0.25) is 0 Å². The van der Waals surface area contributed by atoms with Crippen LogP contribution in [0.3, 0.4) is 0 Å². The topological polar surface area (TPSA) is 42.2 Å². The summed E-state index contributed by atoms with van der Waals surface area (Å²) in [4.78, 5) is 6.95. The largest absolute Gasteiger partial charge is 0.396 e. The fourth-order valence-electron chi connectivity index (χ4n) is 4.36. The van der Waals surface area contributed by atoms with Gasteiger partial charge in [0.1, 0.15) is 0 Å². The second-order valence-electron chi connectivity index (χ2n) is 7.26. The Morgan fingerprint density at radius 2 is 2.11 bits per heavy atom. The Morgan fingerprint density at radius 3 is 2.83 bits per heavy atom. The molecule has 98 valence electrons. The summed E-state index contributed by atoms with van der Waals surface area (Å²) < 4.78 is 0. The number of nitrogens with two attached hydrogens (primary N) is 1. The Morgan fingerprint density at radius 1 is 1.33 bits per heavy atom. The van der Waals surface area contributed by atoms with Crippen LogP contribution < -0.4 is 10.6 Å². The van der Waals surface area contributed by atoms with Crippen molar-refractivity contribution < 1.29 is 0 Å². The summed E-state index contributed by atoms with van der Waals surface area (Å²) in [6, 6.07) is 4.47. The highest BCUT2D eigenvalue weighted by molar-refractivity contribution is 5.63. The van der Waals surface area contributed by atoms with Gasteiger partial charge in [0.15, 0.2) is 5.82 Å². The third kappa shape index (κ3) is 1.86. The lowest BCUT2D eigenvalue weighted by Gasteiger charge is -2.39. The number of rotatable bonds is 1. The van der Waals surface area contributed by atoms with Gasteiger partial charge in [0.25, 0.3) is 0 Å². The van der Waals surface area contributed by atoms with Crippen molar-refractivity contribution in [3.8, 4) is 0 Å². The van der Waals surface area contributed by atoms with Crippen LogP contribution in [0.2, 0.25) is 0 Å². The van der Waals surface area contributed by atoms with E-state index in [9.17, 15) is 0 Å². The quantitative estimate of drug-likeness (QED) is 0.826. The zero-order chi connectivity index (χ0) is 13.0. The summed E-state index contributed by atoms with van der Waals surface area (Å²) >= 11 is 0. The van der Waals surface area contributed by atoms with E-state index in [-0.39, 0.29) is 0 Å². The molecule has 0 aromatic carbocycles. The van der Waals surface area contributed by atoms with Crippen LogP contribution >= 0.6 is 0 Å². The van der Waals surface area contributed by atoms with Crippen LogP contribution in [0.1, 0.15) is 40.0 Å². The summed E-state index contributed by atoms with van der Waals surface area (Å²) in [5.74, 6) is 0.990. The highest BCUT2D eigenvalue weighted by Gasteiger charge is 2.50. The summed E-state index contributed by atoms with van der Waals surface area (Å²) in [5.41, 5.74) is 7.77. The minimum Gasteiger partial charge on any atom is -0.396 e. The molecule has 2 N–H and O–H groups in total. The molecule has 0 spiro atoms. The Labute approximate surface area is 109 Å². The van der Waals surface area contributed by atoms with Gasteiger partial charge in [-0.2, -0.15) is 0 Å². The van der Waals surface area contributed by atoms with Gasteiger partial charge in [-0.1, -0.05) is 20.8 Å². The van der Waals surface area contributed by atoms with Gasteiger partial charge < -0.3 is 10.6 Å². The van der Waals surface area contributed by atoms with Crippen molar-refractivity contribution in [1.29, 1.82) is 0 Å². The molecule has 1 saturated carbocycles. The predicted molar refractivity (Wildman–Crippen MR) is 75.5 cm³/mol. The van der Waals surface area contributed by atoms with Crippen molar-refractivity contribution in [1.82, 2.24) is 4.98 Å². The summed E-state index contributed by atoms with van der Waals surface area (Å²) in [5, 5.41) is 0. The highest BCUT2D eigenvalue weighted by atomic mass is 15.3. The molecule has 1 aromatic heterocycles. The molecule has 2 bridgehead atoms. The number of pyridine rings is 1. The molecule has 18 heavy (non-hydrogen) atoms. The van der Waals surface area contributed by atoms with Gasteiger partial charge >= 0.3 is 0 Å². The second-order valence-corrected chi connectivity index (χ2v) is 7.26. The lowest BCUT2D eigenvalue weighted by Crippen LogP contribution is -2.35. The number of anilines is 2. The molecule has 1 aliphatic heterocycles. The summed E-state index contributed by atoms with van der Waals surface area (Å²) in [7, 11) is 0. The molecular formula is C15H23N3. The first-order valence-electron chi connectivity index (χ1n) is 6.86. The first-order valence-corrected chi connectivity index (χ1v) is 6.86. The van der Waals surface area contributed by atoms with E-state index >= 15 is 0 Å². The predicted octanol–water partition coefficient (Wildman–Crippen LogP) is 3.07. The zero-order valence-corrected chi connectivity index (χ0v) is 11.6. The number of nitrogen functional groups attached to an aromatic ring is 1. The van der Waals surface area contributed by atoms with Crippen molar-refractivity contribution in [2.45, 2.75) is 46.1 Å². The molecule has 1 aliphatic carbocycles. The van der Waals surface area contributed by atoms with Gasteiger partial charge in [-0.15, -0.1) is 0 Å². The molecule has 2 aliphatic rings. The molecule has 0 amide bonds. The lowest BCUT2D eigenvalue weighted by atomic mass is 9.65. The van der Waals surface area contributed by atoms with Crippen LogP contribution in [0.5, 0.6) is 0 Å². The number of aromatic nitrogens is 1. The molecule has 3 heteroatoms. The number of hydrogen-bond acceptors (Lipinski definition) is 3. The van der Waals surface area contributed by atoms with Gasteiger partial charge in [0.2, 0.25) is 0 Å². The van der Waals surface area contributed by atoms with E-state index in [1.165, 1.54) is 19.3 Å². The Kier molecular flexibility index (Phi) is 2.38. The van der Waals surface area contributed by atoms with E-state index in [1.54, 1.807) is 0 Å². The average Bonchev–Trinajstić information content (AvgIpc) is 2.48. The molecule has 2 heterocycles. The third-order valence-corrected chi connectivity index (χ3v) is 4.50. The maximum Gasteiger partial charge on any atom is 0.152 e. The molecule has 1 aromatic rings. The second kappa shape index (κ2) is 3.62. The Balaban J connectivity index is 1.95. The van der Waals surface area contributed by atoms with Crippen molar-refractivity contribution >= 4 is 11.5 Å². The van der Waals surface area contributed by atoms with Crippen molar-refractivity contribution in [3.63, 3.8) is 0 Å². The maximum absolute atomic E-state index is 6.09. The monoisotopic (exact) mass is 245 g/mol. The van der Waals surface area contributed by atoms with Gasteiger partial charge in [0, 0.05) is 18.8 Å². The van der Waals surface area contributed by atoms with Crippen molar-refractivity contribution in [2.24, 2.45) is 10.8 Å². The zero-order valence-electron chi connectivity index (χ0n) is 11.6. The fourth-order valence-corrected chi connectivity index (χ4v) is 4.36. The number of nitrogens with zero attached hydrogens (tertiary/aromatic N) is 2. The van der Waals surface area contributed by atoms with Gasteiger partial charge in [-0.05, 0) is 42.2 Å². The molecule has 3 rings (SSSR count). The van der Waals surface area contributed by atoms with E-state index in [4.69, 9.17) is 5.73 Å². The Hall–Kier alpha value is -1.25. The first kappa shape index (κ1) is 11.8. The molecule has 0 radical (unpaired) electrons. The smallest absolute Gasteiger partial charge is 0.152 e. The first-order chi connectivity index (χ1) is 8.39. The maximum atomic E-state index is 6.09. The van der Waals surface area contributed by atoms with E-state index in [0.717, 1.165) is 18.1 Å². The molecular weight excluding hydrogens is 222 g/mol. The van der Waals surface area contributed by atoms with E-state index in [0.29, 0.717) is 16.9 Å². The molecule has 2 fully saturated rings. The molecule has 2 unspecified atom stereocenters. The van der Waals surface area contributed by atoms with E-state index in [2.05, 4.69) is 30.7 Å². The minimum absolute atomic E-state index is 0.427. The fraction of sp³-hybridized carbons (Fsp3) is 0.667. The number of fused-ring (bicyclic) bond motifs is 2. The van der Waals surface area contributed by atoms with Crippen LogP contribution in [0.4, 0.5) is 11.5 Å². The van der Waals surface area contributed by atoms with Crippen LogP contribution in [0.15, 0.2) is 18.3 Å². The van der Waals surface area contributed by atoms with Crippen molar-refractivity contribution in [2.75, 3.05) is 17.2 Å². The summed E-state index contributed by atoms with van der Waals surface area (Å²) in [6.45, 7) is 8.30. The van der Waals surface area contributed by atoms with Crippen molar-refractivity contribution in [3.05, 3.63) is 18.3 Å². The van der Waals surface area contributed by atoms with E-state index < -0.39 is 0 Å². The van der Waals surface area contributed by atoms with Crippen LogP contribution in [0.25, 0.3) is 0 Å². The van der Waals surface area contributed by atoms with Gasteiger partial charge in [0.05, 0.1) is 5.69 Å². The van der Waals surface area contributed by atoms with Crippen LogP contribution in [-0.2, 0) is 0 Å². The standard InChI is InChI=1S/C15H23N3/c1-14(2)7-11-8-15(3,9-14)10-18(11)13-12(16)5-4-6-17-13/h4-6,11H,7-10,16H2,1-3H3. The minimum atomic E-state index is 0.427. The highest BCUT2D eigenvalue weighted by Crippen LogP contribution is 2.53. The summed E-state index contributed by atoms with van der Waals surface area (Å²) in [6.07, 6.45) is 5.69. The van der Waals surface area contributed by atoms with Crippen LogP contribution in [0, 0.1) is 10.8 Å². The van der Waals surface area contributed by atoms with E-state index in [1.807, 2.05) is 18.3 Å². The normalized spacial score (nSPS) is 33.7. The average molecular weight is 245 g/mol. The number of hydrogen-bond donors (Lipinski definition) is 1. The SMILES string of the molecule is CC1(C)CC2CC(C)(CN2c2ncccc2N)C1. The molecule has 3 nitrogen and oxygen atoms in total. The van der Waals surface area contributed by atoms with Gasteiger partial charge in [-0.25, -0.2) is 4.98 Å². The third-order valence-electron chi connectivity index (χ3n) is 4.50. The molecule has 2 atom stereocenters. The van der Waals surface area contributed by atoms with Crippen LogP contribution in [-0.4, -0.2) is 17.6 Å². The molecule has 1 saturated heterocycles.